The Kier molecular flexibility index (Phi) is 7.16. The number of amides is 1. The van der Waals surface area contributed by atoms with Crippen LogP contribution in [0.1, 0.15) is 59.8 Å². The third-order valence-corrected chi connectivity index (χ3v) is 8.91. The first kappa shape index (κ1) is 25.4. The fourth-order valence-corrected chi connectivity index (χ4v) is 6.85. The zero-order valence-electron chi connectivity index (χ0n) is 21.6. The van der Waals surface area contributed by atoms with Gasteiger partial charge in [-0.15, -0.1) is 0 Å². The Balaban J connectivity index is 1.15. The monoisotopic (exact) mass is 537 g/mol. The van der Waals surface area contributed by atoms with Crippen LogP contribution in [0.15, 0.2) is 36.4 Å². The standard InChI is InChI=1S/C29H33F2N5OS/c1-18-27(22-7-5-19(16-23(22)31)24-4-2-11-32-24)34-29-36(18)25-8-6-20(17-26(25)38-29)28(37)33-12-3-13-35-14-9-21(30)10-15-35/h5-8,16-17,21,24,32H,2-4,9-15H2,1H3,(H,33,37)/t24-/m0/s1. The van der Waals surface area contributed by atoms with Gasteiger partial charge in [0.05, 0.1) is 15.9 Å². The summed E-state index contributed by atoms with van der Waals surface area (Å²) in [5.41, 5.74) is 4.60. The molecule has 2 aliphatic heterocycles. The molecule has 38 heavy (non-hydrogen) atoms. The molecule has 0 spiro atoms. The number of rotatable bonds is 7. The van der Waals surface area contributed by atoms with Crippen molar-refractivity contribution in [2.75, 3.05) is 32.7 Å². The molecule has 6 nitrogen and oxygen atoms in total. The minimum absolute atomic E-state index is 0.100. The second kappa shape index (κ2) is 10.7. The van der Waals surface area contributed by atoms with Crippen LogP contribution in [0.2, 0.25) is 0 Å². The number of nitrogens with zero attached hydrogens (tertiary/aromatic N) is 3. The first-order chi connectivity index (χ1) is 18.5. The molecule has 0 unspecified atom stereocenters. The van der Waals surface area contributed by atoms with Gasteiger partial charge < -0.3 is 15.5 Å². The summed E-state index contributed by atoms with van der Waals surface area (Å²) in [5.74, 6) is -0.350. The van der Waals surface area contributed by atoms with Crippen molar-refractivity contribution in [3.8, 4) is 11.3 Å². The van der Waals surface area contributed by atoms with E-state index >= 15 is 4.39 Å². The van der Waals surface area contributed by atoms with Crippen LogP contribution in [0.5, 0.6) is 0 Å². The average Bonchev–Trinajstić information content (AvgIpc) is 3.64. The lowest BCUT2D eigenvalue weighted by molar-refractivity contribution is 0.0950. The summed E-state index contributed by atoms with van der Waals surface area (Å²) in [4.78, 5) is 20.6. The number of carbonyl (C=O) groups excluding carboxylic acids is 1. The van der Waals surface area contributed by atoms with Gasteiger partial charge in [-0.25, -0.2) is 13.8 Å². The molecule has 0 saturated carbocycles. The Morgan fingerprint density at radius 1 is 1.18 bits per heavy atom. The number of halogens is 2. The molecule has 4 heterocycles. The number of nitrogens with one attached hydrogen (secondary N) is 2. The van der Waals surface area contributed by atoms with Crippen molar-refractivity contribution in [1.29, 1.82) is 0 Å². The minimum atomic E-state index is -0.664. The molecular weight excluding hydrogens is 504 g/mol. The van der Waals surface area contributed by atoms with E-state index in [1.807, 2.05) is 41.7 Å². The molecule has 9 heteroatoms. The number of thiazole rings is 1. The number of aromatic nitrogens is 2. The molecule has 2 N–H and O–H groups in total. The molecule has 1 atom stereocenters. The average molecular weight is 538 g/mol. The third-order valence-electron chi connectivity index (χ3n) is 7.91. The van der Waals surface area contributed by atoms with Crippen molar-refractivity contribution in [1.82, 2.24) is 24.9 Å². The molecular formula is C29H33F2N5OS. The van der Waals surface area contributed by atoms with Gasteiger partial charge in [0.25, 0.3) is 5.91 Å². The largest absolute Gasteiger partial charge is 0.352 e. The summed E-state index contributed by atoms with van der Waals surface area (Å²) in [6, 6.07) is 11.4. The predicted molar refractivity (Wildman–Crippen MR) is 148 cm³/mol. The van der Waals surface area contributed by atoms with Crippen LogP contribution in [0.3, 0.4) is 0 Å². The Morgan fingerprint density at radius 2 is 2.03 bits per heavy atom. The topological polar surface area (TPSA) is 61.7 Å². The molecule has 0 bridgehead atoms. The van der Waals surface area contributed by atoms with Crippen LogP contribution in [0.4, 0.5) is 8.78 Å². The zero-order chi connectivity index (χ0) is 26.2. The summed E-state index contributed by atoms with van der Waals surface area (Å²) >= 11 is 1.50. The van der Waals surface area contributed by atoms with Crippen LogP contribution < -0.4 is 10.6 Å². The number of benzene rings is 2. The van der Waals surface area contributed by atoms with Crippen molar-refractivity contribution < 1.29 is 13.6 Å². The summed E-state index contributed by atoms with van der Waals surface area (Å²) in [6.45, 7) is 5.99. The van der Waals surface area contributed by atoms with Crippen molar-refractivity contribution >= 4 is 32.4 Å². The molecule has 4 aromatic rings. The van der Waals surface area contributed by atoms with E-state index in [-0.39, 0.29) is 17.8 Å². The number of carbonyl (C=O) groups is 1. The van der Waals surface area contributed by atoms with Crippen LogP contribution in [0.25, 0.3) is 26.4 Å². The van der Waals surface area contributed by atoms with Gasteiger partial charge in [-0.05, 0) is 88.0 Å². The van der Waals surface area contributed by atoms with Crippen molar-refractivity contribution in [2.24, 2.45) is 0 Å². The molecule has 1 amide bonds. The molecule has 2 fully saturated rings. The number of alkyl halides is 1. The lowest BCUT2D eigenvalue weighted by Gasteiger charge is -2.28. The second-order valence-corrected chi connectivity index (χ2v) is 11.5. The van der Waals surface area contributed by atoms with E-state index in [1.54, 1.807) is 6.07 Å². The van der Waals surface area contributed by atoms with Gasteiger partial charge in [0.15, 0.2) is 4.96 Å². The molecule has 2 saturated heterocycles. The Morgan fingerprint density at radius 3 is 2.79 bits per heavy atom. The van der Waals surface area contributed by atoms with E-state index in [4.69, 9.17) is 4.98 Å². The van der Waals surface area contributed by atoms with E-state index < -0.39 is 6.17 Å². The second-order valence-electron chi connectivity index (χ2n) is 10.5. The molecule has 2 aromatic carbocycles. The quantitative estimate of drug-likeness (QED) is 0.300. The van der Waals surface area contributed by atoms with E-state index in [1.165, 1.54) is 11.3 Å². The predicted octanol–water partition coefficient (Wildman–Crippen LogP) is 5.64. The van der Waals surface area contributed by atoms with Crippen LogP contribution in [-0.2, 0) is 0 Å². The normalized spacial score (nSPS) is 19.1. The van der Waals surface area contributed by atoms with Crippen molar-refractivity contribution in [3.63, 3.8) is 0 Å². The maximum Gasteiger partial charge on any atom is 0.251 e. The summed E-state index contributed by atoms with van der Waals surface area (Å²) in [5, 5.41) is 6.43. The highest BCUT2D eigenvalue weighted by Crippen LogP contribution is 2.35. The minimum Gasteiger partial charge on any atom is -0.352 e. The number of hydrogen-bond acceptors (Lipinski definition) is 5. The smallest absolute Gasteiger partial charge is 0.251 e. The van der Waals surface area contributed by atoms with Gasteiger partial charge in [0.1, 0.15) is 12.0 Å². The lowest BCUT2D eigenvalue weighted by Crippen LogP contribution is -2.36. The molecule has 200 valence electrons. The highest BCUT2D eigenvalue weighted by molar-refractivity contribution is 7.23. The maximum atomic E-state index is 15.2. The molecule has 6 rings (SSSR count). The maximum absolute atomic E-state index is 15.2. The number of piperidine rings is 1. The molecule has 0 radical (unpaired) electrons. The number of hydrogen-bond donors (Lipinski definition) is 2. The van der Waals surface area contributed by atoms with Crippen LogP contribution in [-0.4, -0.2) is 59.1 Å². The van der Waals surface area contributed by atoms with E-state index in [0.29, 0.717) is 36.2 Å². The van der Waals surface area contributed by atoms with Gasteiger partial charge in [-0.2, -0.15) is 0 Å². The van der Waals surface area contributed by atoms with Crippen molar-refractivity contribution in [3.05, 3.63) is 59.0 Å². The van der Waals surface area contributed by atoms with Gasteiger partial charge >= 0.3 is 0 Å². The summed E-state index contributed by atoms with van der Waals surface area (Å²) < 4.78 is 31.5. The van der Waals surface area contributed by atoms with Crippen LogP contribution in [0, 0.1) is 12.7 Å². The highest BCUT2D eigenvalue weighted by atomic mass is 32.1. The Bertz CT molecular complexity index is 1470. The van der Waals surface area contributed by atoms with E-state index in [0.717, 1.165) is 71.9 Å². The summed E-state index contributed by atoms with van der Waals surface area (Å²) in [6.07, 6.45) is 3.54. The van der Waals surface area contributed by atoms with Gasteiger partial charge in [0.2, 0.25) is 0 Å². The summed E-state index contributed by atoms with van der Waals surface area (Å²) in [7, 11) is 0. The number of likely N-dealkylation sites (tertiary alicyclic amines) is 1. The first-order valence-corrected chi connectivity index (χ1v) is 14.4. The lowest BCUT2D eigenvalue weighted by atomic mass is 10.0. The zero-order valence-corrected chi connectivity index (χ0v) is 22.4. The number of imidazole rings is 1. The highest BCUT2D eigenvalue weighted by Gasteiger charge is 2.22. The molecule has 0 aliphatic carbocycles. The Hall–Kier alpha value is -2.88. The van der Waals surface area contributed by atoms with E-state index in [9.17, 15) is 9.18 Å². The number of fused-ring (bicyclic) bond motifs is 3. The van der Waals surface area contributed by atoms with Gasteiger partial charge in [0, 0.05) is 42.5 Å². The van der Waals surface area contributed by atoms with Gasteiger partial charge in [-0.1, -0.05) is 17.4 Å². The molecule has 2 aliphatic rings. The third kappa shape index (κ3) is 4.95. The SMILES string of the molecule is Cc1c(-c2ccc([C@@H]3CCCN3)cc2F)nc2sc3cc(C(=O)NCCCN4CCC(F)CC4)ccc3n12. The van der Waals surface area contributed by atoms with E-state index in [2.05, 4.69) is 15.5 Å². The fraction of sp³-hybridized carbons (Fsp3) is 0.448. The van der Waals surface area contributed by atoms with Gasteiger partial charge in [-0.3, -0.25) is 9.20 Å². The fourth-order valence-electron chi connectivity index (χ4n) is 5.74. The number of aryl methyl sites for hydroxylation is 1. The first-order valence-electron chi connectivity index (χ1n) is 13.6. The molecule has 2 aromatic heterocycles. The Labute approximate surface area is 225 Å². The van der Waals surface area contributed by atoms with Crippen molar-refractivity contribution in [2.45, 2.75) is 51.2 Å². The van der Waals surface area contributed by atoms with Crippen LogP contribution >= 0.6 is 11.3 Å².